The van der Waals surface area contributed by atoms with E-state index in [2.05, 4.69) is 34.7 Å². The standard InChI is InChI=1S/C20H25N3O2/c1-2-18(15-8-11-21-12-9-15)23-20(24)22-14-17-10-13-25-19(17)16-6-4-3-5-7-16/h3-9,11-12,17-19H,2,10,13-14H2,1H3,(H2,22,23,24). The smallest absolute Gasteiger partial charge is 0.315 e. The van der Waals surface area contributed by atoms with Crippen LogP contribution < -0.4 is 10.6 Å². The van der Waals surface area contributed by atoms with E-state index in [0.717, 1.165) is 25.0 Å². The van der Waals surface area contributed by atoms with Gasteiger partial charge in [-0.05, 0) is 36.1 Å². The summed E-state index contributed by atoms with van der Waals surface area (Å²) in [6.45, 7) is 3.40. The van der Waals surface area contributed by atoms with E-state index in [1.165, 1.54) is 5.56 Å². The van der Waals surface area contributed by atoms with Gasteiger partial charge in [-0.25, -0.2) is 4.79 Å². The van der Waals surface area contributed by atoms with Gasteiger partial charge in [-0.2, -0.15) is 0 Å². The summed E-state index contributed by atoms with van der Waals surface area (Å²) < 4.78 is 5.88. The molecule has 1 aliphatic heterocycles. The molecule has 1 aromatic carbocycles. The lowest BCUT2D eigenvalue weighted by Gasteiger charge is -2.21. The summed E-state index contributed by atoms with van der Waals surface area (Å²) >= 11 is 0. The monoisotopic (exact) mass is 339 g/mol. The fourth-order valence-electron chi connectivity index (χ4n) is 3.30. The lowest BCUT2D eigenvalue weighted by molar-refractivity contribution is 0.0909. The topological polar surface area (TPSA) is 63.2 Å². The number of ether oxygens (including phenoxy) is 1. The minimum atomic E-state index is -0.137. The quantitative estimate of drug-likeness (QED) is 0.845. The van der Waals surface area contributed by atoms with Crippen LogP contribution in [0, 0.1) is 5.92 Å². The molecule has 1 aromatic heterocycles. The van der Waals surface area contributed by atoms with E-state index in [0.29, 0.717) is 12.5 Å². The van der Waals surface area contributed by atoms with Crippen molar-refractivity contribution in [2.24, 2.45) is 5.92 Å². The van der Waals surface area contributed by atoms with Crippen LogP contribution in [0.3, 0.4) is 0 Å². The summed E-state index contributed by atoms with van der Waals surface area (Å²) in [4.78, 5) is 16.3. The number of pyridine rings is 1. The number of carbonyl (C=O) groups excluding carboxylic acids is 1. The predicted molar refractivity (Wildman–Crippen MR) is 97.0 cm³/mol. The molecule has 2 N–H and O–H groups in total. The van der Waals surface area contributed by atoms with Crippen molar-refractivity contribution in [1.29, 1.82) is 0 Å². The van der Waals surface area contributed by atoms with E-state index in [1.807, 2.05) is 30.3 Å². The first-order valence-corrected chi connectivity index (χ1v) is 8.88. The van der Waals surface area contributed by atoms with E-state index < -0.39 is 0 Å². The summed E-state index contributed by atoms with van der Waals surface area (Å²) in [6.07, 6.45) is 5.34. The Kier molecular flexibility index (Phi) is 6.01. The Hall–Kier alpha value is -2.40. The molecule has 5 heteroatoms. The summed E-state index contributed by atoms with van der Waals surface area (Å²) in [7, 11) is 0. The average molecular weight is 339 g/mol. The molecule has 3 atom stereocenters. The Morgan fingerprint density at radius 1 is 1.24 bits per heavy atom. The molecule has 0 radical (unpaired) electrons. The number of amides is 2. The maximum absolute atomic E-state index is 12.3. The van der Waals surface area contributed by atoms with Crippen molar-refractivity contribution >= 4 is 6.03 Å². The first-order valence-electron chi connectivity index (χ1n) is 8.88. The zero-order valence-corrected chi connectivity index (χ0v) is 14.5. The summed E-state index contributed by atoms with van der Waals surface area (Å²) in [5, 5.41) is 6.06. The number of urea groups is 1. The maximum Gasteiger partial charge on any atom is 0.315 e. The van der Waals surface area contributed by atoms with E-state index >= 15 is 0 Å². The van der Waals surface area contributed by atoms with Gasteiger partial charge in [-0.15, -0.1) is 0 Å². The molecule has 3 rings (SSSR count). The summed E-state index contributed by atoms with van der Waals surface area (Å²) in [5.41, 5.74) is 2.24. The fourth-order valence-corrected chi connectivity index (χ4v) is 3.30. The van der Waals surface area contributed by atoms with Gasteiger partial charge in [-0.3, -0.25) is 4.98 Å². The number of nitrogens with zero attached hydrogens (tertiary/aromatic N) is 1. The van der Waals surface area contributed by atoms with Crippen LogP contribution in [0.1, 0.15) is 43.0 Å². The third-order valence-corrected chi connectivity index (χ3v) is 4.69. The molecular weight excluding hydrogens is 314 g/mol. The maximum atomic E-state index is 12.3. The zero-order valence-electron chi connectivity index (χ0n) is 14.5. The number of nitrogens with one attached hydrogen (secondary N) is 2. The van der Waals surface area contributed by atoms with E-state index in [1.54, 1.807) is 12.4 Å². The molecule has 0 spiro atoms. The highest BCUT2D eigenvalue weighted by molar-refractivity contribution is 5.74. The van der Waals surface area contributed by atoms with Crippen molar-refractivity contribution in [2.75, 3.05) is 13.2 Å². The number of carbonyl (C=O) groups is 1. The Balaban J connectivity index is 1.53. The molecule has 132 valence electrons. The molecule has 2 heterocycles. The van der Waals surface area contributed by atoms with Gasteiger partial charge in [0, 0.05) is 31.5 Å². The molecule has 0 saturated carbocycles. The third kappa shape index (κ3) is 4.57. The first kappa shape index (κ1) is 17.4. The summed E-state index contributed by atoms with van der Waals surface area (Å²) in [6, 6.07) is 13.9. The highest BCUT2D eigenvalue weighted by atomic mass is 16.5. The number of rotatable bonds is 6. The van der Waals surface area contributed by atoms with Gasteiger partial charge >= 0.3 is 6.03 Å². The number of hydrogen-bond donors (Lipinski definition) is 2. The highest BCUT2D eigenvalue weighted by Gasteiger charge is 2.29. The van der Waals surface area contributed by atoms with Crippen LogP contribution in [-0.4, -0.2) is 24.2 Å². The molecule has 1 fully saturated rings. The SMILES string of the molecule is CCC(NC(=O)NCC1CCOC1c1ccccc1)c1ccncc1. The van der Waals surface area contributed by atoms with Gasteiger partial charge in [0.1, 0.15) is 0 Å². The molecule has 0 aliphatic carbocycles. The minimum absolute atomic E-state index is 0.00671. The van der Waals surface area contributed by atoms with Crippen LogP contribution in [0.5, 0.6) is 0 Å². The second-order valence-corrected chi connectivity index (χ2v) is 6.35. The van der Waals surface area contributed by atoms with Gasteiger partial charge < -0.3 is 15.4 Å². The number of aromatic nitrogens is 1. The Labute approximate surface area is 148 Å². The number of benzene rings is 1. The molecule has 0 bridgehead atoms. The molecule has 1 aliphatic rings. The van der Waals surface area contributed by atoms with Crippen LogP contribution in [0.4, 0.5) is 4.79 Å². The normalized spacial score (nSPS) is 20.8. The largest absolute Gasteiger partial charge is 0.373 e. The predicted octanol–water partition coefficient (Wildman–Crippen LogP) is 3.61. The molecule has 5 nitrogen and oxygen atoms in total. The number of hydrogen-bond acceptors (Lipinski definition) is 3. The highest BCUT2D eigenvalue weighted by Crippen LogP contribution is 2.33. The van der Waals surface area contributed by atoms with Gasteiger partial charge in [0.05, 0.1) is 12.1 Å². The van der Waals surface area contributed by atoms with E-state index in [9.17, 15) is 4.79 Å². The lowest BCUT2D eigenvalue weighted by Crippen LogP contribution is -2.40. The summed E-state index contributed by atoms with van der Waals surface area (Å²) in [5.74, 6) is 0.300. The second kappa shape index (κ2) is 8.62. The van der Waals surface area contributed by atoms with Gasteiger partial charge in [0.25, 0.3) is 0 Å². The first-order chi connectivity index (χ1) is 12.3. The third-order valence-electron chi connectivity index (χ3n) is 4.69. The van der Waals surface area contributed by atoms with Crippen LogP contribution in [0.15, 0.2) is 54.9 Å². The van der Waals surface area contributed by atoms with Crippen molar-refractivity contribution in [3.8, 4) is 0 Å². The van der Waals surface area contributed by atoms with Crippen molar-refractivity contribution in [1.82, 2.24) is 15.6 Å². The Bertz CT molecular complexity index is 663. The fraction of sp³-hybridized carbons (Fsp3) is 0.400. The molecule has 3 unspecified atom stereocenters. The van der Waals surface area contributed by atoms with Gasteiger partial charge in [0.15, 0.2) is 0 Å². The van der Waals surface area contributed by atoms with Gasteiger partial charge in [0.2, 0.25) is 0 Å². The zero-order chi connectivity index (χ0) is 17.5. The second-order valence-electron chi connectivity index (χ2n) is 6.35. The average Bonchev–Trinajstić information content (AvgIpc) is 3.14. The van der Waals surface area contributed by atoms with Crippen molar-refractivity contribution in [3.63, 3.8) is 0 Å². The van der Waals surface area contributed by atoms with Crippen molar-refractivity contribution in [3.05, 3.63) is 66.0 Å². The van der Waals surface area contributed by atoms with Crippen LogP contribution in [-0.2, 0) is 4.74 Å². The van der Waals surface area contributed by atoms with Crippen LogP contribution in [0.25, 0.3) is 0 Å². The molecule has 25 heavy (non-hydrogen) atoms. The minimum Gasteiger partial charge on any atom is -0.373 e. The van der Waals surface area contributed by atoms with Crippen LogP contribution in [0.2, 0.25) is 0 Å². The van der Waals surface area contributed by atoms with Gasteiger partial charge in [-0.1, -0.05) is 37.3 Å². The van der Waals surface area contributed by atoms with E-state index in [4.69, 9.17) is 4.74 Å². The van der Waals surface area contributed by atoms with Crippen molar-refractivity contribution < 1.29 is 9.53 Å². The van der Waals surface area contributed by atoms with Crippen LogP contribution >= 0.6 is 0 Å². The molecule has 2 amide bonds. The lowest BCUT2D eigenvalue weighted by atomic mass is 9.95. The molecule has 1 saturated heterocycles. The Morgan fingerprint density at radius 2 is 2.00 bits per heavy atom. The van der Waals surface area contributed by atoms with Crippen molar-refractivity contribution in [2.45, 2.75) is 31.9 Å². The molecule has 2 aromatic rings. The Morgan fingerprint density at radius 3 is 2.72 bits per heavy atom. The molecular formula is C20H25N3O2. The van der Waals surface area contributed by atoms with E-state index in [-0.39, 0.29) is 18.2 Å².